The molecule has 0 bridgehead atoms. The van der Waals surface area contributed by atoms with E-state index in [9.17, 15) is 22.8 Å². The normalized spacial score (nSPS) is 20.3. The molecule has 2 aliphatic heterocycles. The molecule has 0 radical (unpaired) electrons. The van der Waals surface area contributed by atoms with Crippen LogP contribution in [0.15, 0.2) is 24.3 Å². The Morgan fingerprint density at radius 2 is 1.85 bits per heavy atom. The van der Waals surface area contributed by atoms with Gasteiger partial charge in [0.1, 0.15) is 6.54 Å². The fourth-order valence-electron chi connectivity index (χ4n) is 3.36. The van der Waals surface area contributed by atoms with E-state index in [1.165, 1.54) is 17.0 Å². The van der Waals surface area contributed by atoms with Gasteiger partial charge in [-0.05, 0) is 44.2 Å². The maximum atomic E-state index is 12.6. The van der Waals surface area contributed by atoms with Crippen LogP contribution >= 0.6 is 0 Å². The number of piperidine rings is 1. The molecule has 2 aliphatic rings. The van der Waals surface area contributed by atoms with Crippen molar-refractivity contribution in [2.45, 2.75) is 24.6 Å². The summed E-state index contributed by atoms with van der Waals surface area (Å²) in [5.74, 6) is -0.440. The van der Waals surface area contributed by atoms with Crippen molar-refractivity contribution in [3.63, 3.8) is 0 Å². The maximum absolute atomic E-state index is 12.6. The minimum absolute atomic E-state index is 0.134. The van der Waals surface area contributed by atoms with E-state index in [1.54, 1.807) is 0 Å². The minimum atomic E-state index is -4.42. The molecule has 3 amide bonds. The average molecular weight is 370 g/mol. The number of halogens is 3. The smallest absolute Gasteiger partial charge is 0.331 e. The first-order valence-corrected chi connectivity index (χ1v) is 8.40. The lowest BCUT2D eigenvalue weighted by atomic mass is 9.88. The zero-order valence-corrected chi connectivity index (χ0v) is 14.4. The van der Waals surface area contributed by atoms with Crippen LogP contribution in [-0.2, 0) is 11.0 Å². The first-order valence-electron chi connectivity index (χ1n) is 8.40. The third kappa shape index (κ3) is 4.09. The Morgan fingerprint density at radius 3 is 2.42 bits per heavy atom. The highest BCUT2D eigenvalue weighted by molar-refractivity contribution is 5.94. The quantitative estimate of drug-likeness (QED) is 0.857. The van der Waals surface area contributed by atoms with Crippen LogP contribution in [0.3, 0.4) is 0 Å². The molecule has 2 heterocycles. The number of likely N-dealkylation sites (tertiary alicyclic amines) is 1. The predicted octanol–water partition coefficient (Wildman–Crippen LogP) is 2.13. The highest BCUT2D eigenvalue weighted by Crippen LogP contribution is 2.30. The van der Waals surface area contributed by atoms with Crippen LogP contribution in [0.25, 0.3) is 0 Å². The highest BCUT2D eigenvalue weighted by atomic mass is 19.4. The number of hydrogen-bond acceptors (Lipinski definition) is 3. The van der Waals surface area contributed by atoms with Gasteiger partial charge in [0.05, 0.1) is 11.1 Å². The van der Waals surface area contributed by atoms with Gasteiger partial charge in [0.2, 0.25) is 5.91 Å². The van der Waals surface area contributed by atoms with Crippen LogP contribution in [-0.4, -0.2) is 60.5 Å². The first kappa shape index (κ1) is 18.5. The molecule has 0 aliphatic carbocycles. The van der Waals surface area contributed by atoms with Crippen LogP contribution < -0.4 is 10.6 Å². The summed E-state index contributed by atoms with van der Waals surface area (Å²) in [4.78, 5) is 28.0. The van der Waals surface area contributed by atoms with Gasteiger partial charge in [0, 0.05) is 25.3 Å². The van der Waals surface area contributed by atoms with E-state index in [2.05, 4.69) is 15.5 Å². The number of nitrogens with zero attached hydrogens (tertiary/aromatic N) is 2. The lowest BCUT2D eigenvalue weighted by Crippen LogP contribution is -2.51. The topological polar surface area (TPSA) is 64.7 Å². The fraction of sp³-hybridized carbons (Fsp3) is 0.529. The van der Waals surface area contributed by atoms with Gasteiger partial charge < -0.3 is 20.4 Å². The molecule has 1 aromatic carbocycles. The Labute approximate surface area is 149 Å². The molecule has 2 N–H and O–H groups in total. The number of rotatable bonds is 3. The molecular weight excluding hydrogens is 349 g/mol. The van der Waals surface area contributed by atoms with Crippen molar-refractivity contribution in [1.82, 2.24) is 15.1 Å². The van der Waals surface area contributed by atoms with Gasteiger partial charge in [0.15, 0.2) is 0 Å². The van der Waals surface area contributed by atoms with E-state index >= 15 is 0 Å². The molecule has 1 spiro atoms. The Bertz CT molecular complexity index is 682. The van der Waals surface area contributed by atoms with E-state index in [-0.39, 0.29) is 23.8 Å². The maximum Gasteiger partial charge on any atom is 0.416 e. The molecule has 2 fully saturated rings. The van der Waals surface area contributed by atoms with Gasteiger partial charge in [-0.2, -0.15) is 13.2 Å². The summed E-state index contributed by atoms with van der Waals surface area (Å²) >= 11 is 0. The van der Waals surface area contributed by atoms with Crippen LogP contribution in [0.2, 0.25) is 0 Å². The van der Waals surface area contributed by atoms with Crippen molar-refractivity contribution < 1.29 is 22.8 Å². The van der Waals surface area contributed by atoms with Gasteiger partial charge in [0.25, 0.3) is 0 Å². The van der Waals surface area contributed by atoms with Crippen LogP contribution in [0.4, 0.5) is 23.7 Å². The number of anilines is 1. The monoisotopic (exact) mass is 370 g/mol. The Balaban J connectivity index is 1.56. The summed E-state index contributed by atoms with van der Waals surface area (Å²) < 4.78 is 37.7. The number of nitrogens with one attached hydrogen (secondary N) is 2. The van der Waals surface area contributed by atoms with Crippen molar-refractivity contribution in [3.8, 4) is 0 Å². The van der Waals surface area contributed by atoms with E-state index in [0.717, 1.165) is 38.1 Å². The van der Waals surface area contributed by atoms with Gasteiger partial charge in [-0.25, -0.2) is 4.79 Å². The lowest BCUT2D eigenvalue weighted by Gasteiger charge is -2.37. The van der Waals surface area contributed by atoms with Crippen LogP contribution in [0.1, 0.15) is 18.4 Å². The number of hydrogen-bond donors (Lipinski definition) is 2. The van der Waals surface area contributed by atoms with Crippen molar-refractivity contribution in [1.29, 1.82) is 0 Å². The second-order valence-corrected chi connectivity index (χ2v) is 6.99. The summed E-state index contributed by atoms with van der Waals surface area (Å²) in [6, 6.07) is 3.93. The molecule has 6 nitrogen and oxygen atoms in total. The van der Waals surface area contributed by atoms with Gasteiger partial charge >= 0.3 is 12.2 Å². The summed E-state index contributed by atoms with van der Waals surface area (Å²) in [7, 11) is 2.03. The van der Waals surface area contributed by atoms with E-state index < -0.39 is 17.6 Å². The van der Waals surface area contributed by atoms with Crippen molar-refractivity contribution >= 4 is 17.6 Å². The predicted molar refractivity (Wildman–Crippen MR) is 89.6 cm³/mol. The molecule has 0 aromatic heterocycles. The standard InChI is InChI=1S/C17H21F3N4O2/c1-23-8-6-16(7-9-23)11-24(15(26)22-16)10-14(25)21-13-4-2-12(3-5-13)17(18,19)20/h2-5H,6-11H2,1H3,(H,21,25)(H,22,26). The van der Waals surface area contributed by atoms with Gasteiger partial charge in [-0.3, -0.25) is 4.79 Å². The number of carbonyl (C=O) groups excluding carboxylic acids is 2. The third-order valence-corrected chi connectivity index (χ3v) is 4.93. The Kier molecular flexibility index (Phi) is 4.83. The molecule has 1 aromatic rings. The molecule has 2 saturated heterocycles. The Hall–Kier alpha value is -2.29. The van der Waals surface area contributed by atoms with Gasteiger partial charge in [-0.1, -0.05) is 0 Å². The highest BCUT2D eigenvalue weighted by Gasteiger charge is 2.44. The van der Waals surface area contributed by atoms with E-state index in [4.69, 9.17) is 0 Å². The molecule has 9 heteroatoms. The van der Waals surface area contributed by atoms with Crippen LogP contribution in [0, 0.1) is 0 Å². The zero-order valence-electron chi connectivity index (χ0n) is 14.4. The molecule has 26 heavy (non-hydrogen) atoms. The molecule has 0 atom stereocenters. The number of alkyl halides is 3. The fourth-order valence-corrected chi connectivity index (χ4v) is 3.36. The minimum Gasteiger partial charge on any atom is -0.331 e. The van der Waals surface area contributed by atoms with E-state index in [0.29, 0.717) is 6.54 Å². The number of amides is 3. The van der Waals surface area contributed by atoms with Gasteiger partial charge in [-0.15, -0.1) is 0 Å². The molecule has 0 saturated carbocycles. The second kappa shape index (κ2) is 6.79. The number of benzene rings is 1. The van der Waals surface area contributed by atoms with Crippen LogP contribution in [0.5, 0.6) is 0 Å². The summed E-state index contributed by atoms with van der Waals surface area (Å²) in [5, 5.41) is 5.52. The SMILES string of the molecule is CN1CCC2(CC1)CN(CC(=O)Nc1ccc(C(F)(F)F)cc1)C(=O)N2. The molecular formula is C17H21F3N4O2. The largest absolute Gasteiger partial charge is 0.416 e. The third-order valence-electron chi connectivity index (χ3n) is 4.93. The van der Waals surface area contributed by atoms with Crippen molar-refractivity contribution in [2.75, 3.05) is 38.5 Å². The van der Waals surface area contributed by atoms with E-state index in [1.807, 2.05) is 7.05 Å². The second-order valence-electron chi connectivity index (χ2n) is 6.99. The summed E-state index contributed by atoms with van der Waals surface area (Å²) in [6.45, 7) is 2.09. The first-order chi connectivity index (χ1) is 12.2. The lowest BCUT2D eigenvalue weighted by molar-refractivity contribution is -0.137. The molecule has 142 valence electrons. The summed E-state index contributed by atoms with van der Waals surface area (Å²) in [6.07, 6.45) is -2.77. The zero-order chi connectivity index (χ0) is 18.9. The Morgan fingerprint density at radius 1 is 1.23 bits per heavy atom. The molecule has 0 unspecified atom stereocenters. The number of carbonyl (C=O) groups is 2. The summed E-state index contributed by atoms with van der Waals surface area (Å²) in [5.41, 5.74) is -0.812. The van der Waals surface area contributed by atoms with Crippen molar-refractivity contribution in [2.24, 2.45) is 0 Å². The number of urea groups is 1. The van der Waals surface area contributed by atoms with Crippen molar-refractivity contribution in [3.05, 3.63) is 29.8 Å². The molecule has 3 rings (SSSR count). The average Bonchev–Trinajstić information content (AvgIpc) is 2.86.